The Labute approximate surface area is 114 Å². The van der Waals surface area contributed by atoms with Gasteiger partial charge in [0.05, 0.1) is 0 Å². The molecule has 0 bridgehead atoms. The van der Waals surface area contributed by atoms with E-state index < -0.39 is 11.6 Å². The third-order valence-electron chi connectivity index (χ3n) is 4.31. The van der Waals surface area contributed by atoms with E-state index in [4.69, 9.17) is 0 Å². The average molecular weight is 267 g/mol. The molecule has 1 aromatic carbocycles. The number of hydrogen-bond acceptors (Lipinski definition) is 1. The molecule has 0 aliphatic heterocycles. The number of rotatable bonds is 4. The van der Waals surface area contributed by atoms with E-state index in [0.717, 1.165) is 30.7 Å². The lowest BCUT2D eigenvalue weighted by molar-refractivity contribution is 0.238. The minimum Gasteiger partial charge on any atom is -0.310 e. The summed E-state index contributed by atoms with van der Waals surface area (Å²) < 4.78 is 26.3. The molecule has 106 valence electrons. The van der Waals surface area contributed by atoms with E-state index in [1.807, 2.05) is 0 Å². The van der Waals surface area contributed by atoms with Gasteiger partial charge in [-0.2, -0.15) is 0 Å². The molecule has 0 saturated heterocycles. The molecule has 1 aliphatic rings. The van der Waals surface area contributed by atoms with Gasteiger partial charge in [-0.1, -0.05) is 19.9 Å². The zero-order valence-corrected chi connectivity index (χ0v) is 11.8. The summed E-state index contributed by atoms with van der Waals surface area (Å²) in [5, 5.41) is 3.40. The summed E-state index contributed by atoms with van der Waals surface area (Å²) in [7, 11) is 0. The molecule has 0 atom stereocenters. The first-order valence-corrected chi connectivity index (χ1v) is 7.23. The molecular weight excluding hydrogens is 244 g/mol. The Morgan fingerprint density at radius 3 is 2.42 bits per heavy atom. The van der Waals surface area contributed by atoms with Crippen molar-refractivity contribution in [2.45, 2.75) is 52.1 Å². The van der Waals surface area contributed by atoms with Gasteiger partial charge in [0.15, 0.2) is 0 Å². The van der Waals surface area contributed by atoms with Crippen molar-refractivity contribution in [2.24, 2.45) is 11.8 Å². The second-order valence-electron chi connectivity index (χ2n) is 5.97. The standard InChI is InChI=1S/C16H23F2N/c1-11(2)12-4-7-15(8-5-12)19-10-13-3-6-14(17)9-16(13)18/h3,6,9,11-12,15,19H,4-5,7-8,10H2,1-2H3/t12-,15-. The highest BCUT2D eigenvalue weighted by Gasteiger charge is 2.22. The second-order valence-corrected chi connectivity index (χ2v) is 5.97. The highest BCUT2D eigenvalue weighted by Crippen LogP contribution is 2.30. The van der Waals surface area contributed by atoms with Crippen LogP contribution in [0, 0.1) is 23.5 Å². The third-order valence-corrected chi connectivity index (χ3v) is 4.31. The van der Waals surface area contributed by atoms with Crippen LogP contribution in [0.25, 0.3) is 0 Å². The van der Waals surface area contributed by atoms with Gasteiger partial charge in [0.1, 0.15) is 11.6 Å². The Morgan fingerprint density at radius 2 is 1.84 bits per heavy atom. The van der Waals surface area contributed by atoms with Crippen molar-refractivity contribution >= 4 is 0 Å². The van der Waals surface area contributed by atoms with E-state index in [1.165, 1.54) is 25.0 Å². The SMILES string of the molecule is CC(C)[C@H]1CC[C@H](NCc2ccc(F)cc2F)CC1. The molecule has 0 radical (unpaired) electrons. The Hall–Kier alpha value is -0.960. The highest BCUT2D eigenvalue weighted by molar-refractivity contribution is 5.18. The summed E-state index contributed by atoms with van der Waals surface area (Å²) in [4.78, 5) is 0. The third kappa shape index (κ3) is 4.00. The molecule has 0 unspecified atom stereocenters. The largest absolute Gasteiger partial charge is 0.310 e. The molecule has 1 saturated carbocycles. The van der Waals surface area contributed by atoms with E-state index in [2.05, 4.69) is 19.2 Å². The summed E-state index contributed by atoms with van der Waals surface area (Å²) in [5.74, 6) is 0.623. The van der Waals surface area contributed by atoms with Crippen molar-refractivity contribution in [3.63, 3.8) is 0 Å². The lowest BCUT2D eigenvalue weighted by atomic mass is 9.80. The smallest absolute Gasteiger partial charge is 0.130 e. The predicted octanol–water partition coefficient (Wildman–Crippen LogP) is 4.27. The van der Waals surface area contributed by atoms with Crippen LogP contribution >= 0.6 is 0 Å². The predicted molar refractivity (Wildman–Crippen MR) is 73.8 cm³/mol. The van der Waals surface area contributed by atoms with Crippen LogP contribution in [0.3, 0.4) is 0 Å². The summed E-state index contributed by atoms with van der Waals surface area (Å²) in [6.45, 7) is 5.06. The first kappa shape index (κ1) is 14.4. The molecule has 1 N–H and O–H groups in total. The molecule has 0 aromatic heterocycles. The van der Waals surface area contributed by atoms with Crippen molar-refractivity contribution in [3.8, 4) is 0 Å². The second kappa shape index (κ2) is 6.47. The molecule has 0 spiro atoms. The van der Waals surface area contributed by atoms with Crippen molar-refractivity contribution in [2.75, 3.05) is 0 Å². The van der Waals surface area contributed by atoms with Gasteiger partial charge in [0.2, 0.25) is 0 Å². The van der Waals surface area contributed by atoms with Crippen molar-refractivity contribution in [1.82, 2.24) is 5.32 Å². The van der Waals surface area contributed by atoms with E-state index >= 15 is 0 Å². The Morgan fingerprint density at radius 1 is 1.16 bits per heavy atom. The maximum atomic E-state index is 13.5. The normalized spacial score (nSPS) is 23.8. The molecule has 1 aromatic rings. The number of benzene rings is 1. The van der Waals surface area contributed by atoms with E-state index in [-0.39, 0.29) is 0 Å². The number of halogens is 2. The van der Waals surface area contributed by atoms with Gasteiger partial charge in [-0.15, -0.1) is 0 Å². The molecule has 3 heteroatoms. The summed E-state index contributed by atoms with van der Waals surface area (Å²) in [5.41, 5.74) is 0.549. The highest BCUT2D eigenvalue weighted by atomic mass is 19.1. The van der Waals surface area contributed by atoms with Crippen LogP contribution < -0.4 is 5.32 Å². The van der Waals surface area contributed by atoms with Gasteiger partial charge in [0, 0.05) is 24.2 Å². The fraction of sp³-hybridized carbons (Fsp3) is 0.625. The minimum atomic E-state index is -0.515. The maximum absolute atomic E-state index is 13.5. The van der Waals surface area contributed by atoms with Gasteiger partial charge >= 0.3 is 0 Å². The fourth-order valence-corrected chi connectivity index (χ4v) is 2.91. The minimum absolute atomic E-state index is 0.455. The number of nitrogens with one attached hydrogen (secondary N) is 1. The average Bonchev–Trinajstić information content (AvgIpc) is 2.38. The zero-order valence-electron chi connectivity index (χ0n) is 11.8. The van der Waals surface area contributed by atoms with Crippen LogP contribution in [0.2, 0.25) is 0 Å². The quantitative estimate of drug-likeness (QED) is 0.859. The molecule has 19 heavy (non-hydrogen) atoms. The Kier molecular flexibility index (Phi) is 4.92. The van der Waals surface area contributed by atoms with Crippen LogP contribution in [-0.2, 0) is 6.54 Å². The first-order valence-electron chi connectivity index (χ1n) is 7.23. The molecule has 1 fully saturated rings. The monoisotopic (exact) mass is 267 g/mol. The van der Waals surface area contributed by atoms with E-state index in [9.17, 15) is 8.78 Å². The molecule has 0 heterocycles. The summed E-state index contributed by atoms with van der Waals surface area (Å²) in [6, 6.07) is 4.26. The molecule has 2 rings (SSSR count). The van der Waals surface area contributed by atoms with Gasteiger partial charge in [0.25, 0.3) is 0 Å². The molecule has 1 nitrogen and oxygen atoms in total. The molecule has 0 amide bonds. The van der Waals surface area contributed by atoms with Crippen LogP contribution in [0.15, 0.2) is 18.2 Å². The lowest BCUT2D eigenvalue weighted by Crippen LogP contribution is -2.34. The Bertz CT molecular complexity index is 409. The van der Waals surface area contributed by atoms with E-state index in [0.29, 0.717) is 18.2 Å². The van der Waals surface area contributed by atoms with Crippen LogP contribution in [0.4, 0.5) is 8.78 Å². The zero-order chi connectivity index (χ0) is 13.8. The van der Waals surface area contributed by atoms with Gasteiger partial charge in [-0.25, -0.2) is 8.78 Å². The Balaban J connectivity index is 1.80. The van der Waals surface area contributed by atoms with Gasteiger partial charge in [-0.05, 0) is 43.6 Å². The molecule has 1 aliphatic carbocycles. The maximum Gasteiger partial charge on any atom is 0.130 e. The van der Waals surface area contributed by atoms with Crippen molar-refractivity contribution in [1.29, 1.82) is 0 Å². The van der Waals surface area contributed by atoms with Crippen LogP contribution in [0.5, 0.6) is 0 Å². The lowest BCUT2D eigenvalue weighted by Gasteiger charge is -2.31. The van der Waals surface area contributed by atoms with Crippen LogP contribution in [0.1, 0.15) is 45.1 Å². The number of hydrogen-bond donors (Lipinski definition) is 1. The van der Waals surface area contributed by atoms with Gasteiger partial charge < -0.3 is 5.32 Å². The molecular formula is C16H23F2N. The summed E-state index contributed by atoms with van der Waals surface area (Å²) in [6.07, 6.45) is 4.82. The van der Waals surface area contributed by atoms with Gasteiger partial charge in [-0.3, -0.25) is 0 Å². The topological polar surface area (TPSA) is 12.0 Å². The fourth-order valence-electron chi connectivity index (χ4n) is 2.91. The van der Waals surface area contributed by atoms with Crippen LogP contribution in [-0.4, -0.2) is 6.04 Å². The first-order chi connectivity index (χ1) is 9.06. The summed E-state index contributed by atoms with van der Waals surface area (Å²) >= 11 is 0. The van der Waals surface area contributed by atoms with E-state index in [1.54, 1.807) is 0 Å². The van der Waals surface area contributed by atoms with Crippen molar-refractivity contribution < 1.29 is 8.78 Å². The van der Waals surface area contributed by atoms with Crippen molar-refractivity contribution in [3.05, 3.63) is 35.4 Å².